The van der Waals surface area contributed by atoms with E-state index in [2.05, 4.69) is 5.10 Å². The molecule has 17 heavy (non-hydrogen) atoms. The Morgan fingerprint density at radius 2 is 2.35 bits per heavy atom. The number of benzene rings is 1. The smallest absolute Gasteiger partial charge is 0.151 e. The van der Waals surface area contributed by atoms with Gasteiger partial charge in [0.05, 0.1) is 13.3 Å². The summed E-state index contributed by atoms with van der Waals surface area (Å²) in [5.74, 6) is 0.856. The van der Waals surface area contributed by atoms with Crippen molar-refractivity contribution in [2.75, 3.05) is 13.7 Å². The van der Waals surface area contributed by atoms with Gasteiger partial charge < -0.3 is 9.47 Å². The van der Waals surface area contributed by atoms with Gasteiger partial charge in [0.15, 0.2) is 6.23 Å². The van der Waals surface area contributed by atoms with Gasteiger partial charge in [0.1, 0.15) is 11.3 Å². The lowest BCUT2D eigenvalue weighted by Crippen LogP contribution is -2.19. The van der Waals surface area contributed by atoms with Crippen LogP contribution in [0.5, 0.6) is 5.75 Å². The molecule has 0 amide bonds. The molecule has 4 heteroatoms. The number of nitrogens with zero attached hydrogens (tertiary/aromatic N) is 2. The van der Waals surface area contributed by atoms with E-state index in [1.54, 1.807) is 7.11 Å². The molecule has 0 bridgehead atoms. The molecule has 0 saturated carbocycles. The summed E-state index contributed by atoms with van der Waals surface area (Å²) >= 11 is 0. The molecular formula is C13H16N2O2. The third kappa shape index (κ3) is 1.78. The zero-order valence-electron chi connectivity index (χ0n) is 9.93. The second-order valence-electron chi connectivity index (χ2n) is 4.31. The van der Waals surface area contributed by atoms with Crippen molar-refractivity contribution >= 4 is 10.9 Å². The van der Waals surface area contributed by atoms with Crippen molar-refractivity contribution in [3.8, 4) is 5.75 Å². The van der Waals surface area contributed by atoms with Crippen molar-refractivity contribution in [1.82, 2.24) is 9.78 Å². The van der Waals surface area contributed by atoms with Gasteiger partial charge in [-0.15, -0.1) is 0 Å². The number of hydrogen-bond donors (Lipinski definition) is 0. The van der Waals surface area contributed by atoms with Crippen LogP contribution < -0.4 is 4.74 Å². The van der Waals surface area contributed by atoms with E-state index in [0.29, 0.717) is 0 Å². The maximum absolute atomic E-state index is 5.77. The fourth-order valence-corrected chi connectivity index (χ4v) is 2.37. The third-order valence-electron chi connectivity index (χ3n) is 3.23. The molecule has 1 aliphatic rings. The van der Waals surface area contributed by atoms with Crippen LogP contribution in [0.15, 0.2) is 24.4 Å². The molecule has 3 rings (SSSR count). The zero-order chi connectivity index (χ0) is 11.7. The van der Waals surface area contributed by atoms with Gasteiger partial charge in [-0.05, 0) is 25.3 Å². The number of ether oxygens (including phenoxy) is 2. The summed E-state index contributed by atoms with van der Waals surface area (Å²) in [4.78, 5) is 0. The molecule has 1 aromatic heterocycles. The number of fused-ring (bicyclic) bond motifs is 1. The number of methoxy groups -OCH3 is 1. The van der Waals surface area contributed by atoms with Crippen molar-refractivity contribution < 1.29 is 9.47 Å². The molecule has 0 radical (unpaired) electrons. The average Bonchev–Trinajstić information content (AvgIpc) is 2.83. The Balaban J connectivity index is 2.09. The predicted molar refractivity (Wildman–Crippen MR) is 65.1 cm³/mol. The van der Waals surface area contributed by atoms with Crippen LogP contribution in [0.1, 0.15) is 25.5 Å². The lowest BCUT2D eigenvalue weighted by atomic mass is 10.2. The predicted octanol–water partition coefficient (Wildman–Crippen LogP) is 2.74. The van der Waals surface area contributed by atoms with E-state index in [4.69, 9.17) is 9.47 Å². The Morgan fingerprint density at radius 3 is 3.12 bits per heavy atom. The Labute approximate surface area is 100 Å². The summed E-state index contributed by atoms with van der Waals surface area (Å²) in [6.07, 6.45) is 5.29. The van der Waals surface area contributed by atoms with Gasteiger partial charge >= 0.3 is 0 Å². The van der Waals surface area contributed by atoms with Crippen LogP contribution >= 0.6 is 0 Å². The fourth-order valence-electron chi connectivity index (χ4n) is 2.37. The molecule has 1 unspecified atom stereocenters. The molecular weight excluding hydrogens is 216 g/mol. The van der Waals surface area contributed by atoms with Crippen LogP contribution in [0.2, 0.25) is 0 Å². The molecule has 2 heterocycles. The highest BCUT2D eigenvalue weighted by molar-refractivity contribution is 5.84. The van der Waals surface area contributed by atoms with E-state index in [1.165, 1.54) is 6.42 Å². The Kier molecular flexibility index (Phi) is 2.73. The molecule has 1 saturated heterocycles. The van der Waals surface area contributed by atoms with Crippen LogP contribution in [0.4, 0.5) is 0 Å². The van der Waals surface area contributed by atoms with E-state index < -0.39 is 0 Å². The van der Waals surface area contributed by atoms with Gasteiger partial charge in [-0.25, -0.2) is 4.68 Å². The lowest BCUT2D eigenvalue weighted by Gasteiger charge is -2.23. The van der Waals surface area contributed by atoms with E-state index in [1.807, 2.05) is 29.1 Å². The molecule has 0 N–H and O–H groups in total. The van der Waals surface area contributed by atoms with E-state index in [0.717, 1.165) is 36.1 Å². The van der Waals surface area contributed by atoms with Gasteiger partial charge in [0.25, 0.3) is 0 Å². The van der Waals surface area contributed by atoms with E-state index in [9.17, 15) is 0 Å². The van der Waals surface area contributed by atoms with Crippen LogP contribution in [0.3, 0.4) is 0 Å². The second-order valence-corrected chi connectivity index (χ2v) is 4.31. The Hall–Kier alpha value is -1.55. The van der Waals surface area contributed by atoms with Gasteiger partial charge in [0.2, 0.25) is 0 Å². The fraction of sp³-hybridized carbons (Fsp3) is 0.462. The Morgan fingerprint density at radius 1 is 1.41 bits per heavy atom. The molecule has 0 spiro atoms. The highest BCUT2D eigenvalue weighted by Crippen LogP contribution is 2.31. The van der Waals surface area contributed by atoms with Crippen molar-refractivity contribution in [2.45, 2.75) is 25.5 Å². The van der Waals surface area contributed by atoms with Gasteiger partial charge in [-0.2, -0.15) is 5.10 Å². The summed E-state index contributed by atoms with van der Waals surface area (Å²) in [5.41, 5.74) is 1.03. The quantitative estimate of drug-likeness (QED) is 0.798. The summed E-state index contributed by atoms with van der Waals surface area (Å²) in [7, 11) is 1.69. The topological polar surface area (TPSA) is 36.3 Å². The minimum Gasteiger partial charge on any atom is -0.494 e. The van der Waals surface area contributed by atoms with Crippen LogP contribution in [-0.4, -0.2) is 23.5 Å². The summed E-state index contributed by atoms with van der Waals surface area (Å²) < 4.78 is 13.1. The van der Waals surface area contributed by atoms with E-state index in [-0.39, 0.29) is 6.23 Å². The standard InChI is InChI=1S/C13H16N2O2/c1-16-11-6-4-5-10-9-14-15(13(10)11)12-7-2-3-8-17-12/h4-6,9,12H,2-3,7-8H2,1H3. The molecule has 1 aromatic carbocycles. The van der Waals surface area contributed by atoms with E-state index >= 15 is 0 Å². The average molecular weight is 232 g/mol. The van der Waals surface area contributed by atoms with Crippen molar-refractivity contribution in [2.24, 2.45) is 0 Å². The molecule has 1 aliphatic heterocycles. The highest BCUT2D eigenvalue weighted by Gasteiger charge is 2.20. The first-order chi connectivity index (χ1) is 8.40. The molecule has 1 atom stereocenters. The molecule has 4 nitrogen and oxygen atoms in total. The van der Waals surface area contributed by atoms with Gasteiger partial charge in [0, 0.05) is 12.0 Å². The SMILES string of the molecule is COc1cccc2cnn(C3CCCCO3)c12. The first-order valence-corrected chi connectivity index (χ1v) is 6.02. The maximum Gasteiger partial charge on any atom is 0.151 e. The van der Waals surface area contributed by atoms with Crippen LogP contribution in [0, 0.1) is 0 Å². The molecule has 90 valence electrons. The normalized spacial score (nSPS) is 20.6. The number of rotatable bonds is 2. The first-order valence-electron chi connectivity index (χ1n) is 6.02. The zero-order valence-corrected chi connectivity index (χ0v) is 9.93. The molecule has 0 aliphatic carbocycles. The second kappa shape index (κ2) is 4.37. The number of aromatic nitrogens is 2. The third-order valence-corrected chi connectivity index (χ3v) is 3.23. The Bertz CT molecular complexity index is 515. The van der Waals surface area contributed by atoms with Crippen molar-refractivity contribution in [3.05, 3.63) is 24.4 Å². The maximum atomic E-state index is 5.77. The van der Waals surface area contributed by atoms with Crippen molar-refractivity contribution in [1.29, 1.82) is 0 Å². The van der Waals surface area contributed by atoms with Gasteiger partial charge in [-0.1, -0.05) is 12.1 Å². The number of hydrogen-bond acceptors (Lipinski definition) is 3. The molecule has 1 fully saturated rings. The summed E-state index contributed by atoms with van der Waals surface area (Å²) in [5, 5.41) is 5.54. The largest absolute Gasteiger partial charge is 0.494 e. The number of para-hydroxylation sites is 1. The van der Waals surface area contributed by atoms with Crippen molar-refractivity contribution in [3.63, 3.8) is 0 Å². The minimum absolute atomic E-state index is 0.0533. The monoisotopic (exact) mass is 232 g/mol. The highest BCUT2D eigenvalue weighted by atomic mass is 16.5. The summed E-state index contributed by atoms with van der Waals surface area (Å²) in [6, 6.07) is 5.99. The minimum atomic E-state index is 0.0533. The van der Waals surface area contributed by atoms with Crippen LogP contribution in [0.25, 0.3) is 10.9 Å². The lowest BCUT2D eigenvalue weighted by molar-refractivity contribution is -0.0368. The molecule has 2 aromatic rings. The summed E-state index contributed by atoms with van der Waals surface area (Å²) in [6.45, 7) is 0.821. The first kappa shape index (κ1) is 10.6. The van der Waals surface area contributed by atoms with Crippen LogP contribution in [-0.2, 0) is 4.74 Å². The van der Waals surface area contributed by atoms with Gasteiger partial charge in [-0.3, -0.25) is 0 Å².